The van der Waals surface area contributed by atoms with Crippen molar-refractivity contribution in [3.05, 3.63) is 0 Å². The number of carbonyl (C=O) groups is 3. The molecule has 0 aliphatic heterocycles. The van der Waals surface area contributed by atoms with Crippen LogP contribution >= 0.6 is 0 Å². The Bertz CT molecular complexity index is 202. The highest BCUT2D eigenvalue weighted by Gasteiger charge is 2.17. The Morgan fingerprint density at radius 1 is 1.36 bits per heavy atom. The zero-order chi connectivity index (χ0) is 9.02. The van der Waals surface area contributed by atoms with E-state index in [2.05, 4.69) is 5.73 Å². The Morgan fingerprint density at radius 2 is 1.82 bits per heavy atom. The molecule has 0 aliphatic carbocycles. The number of rotatable bonds is 2. The molecule has 62 valence electrons. The average molecular weight is 161 g/mol. The van der Waals surface area contributed by atoms with E-state index in [0.717, 1.165) is 0 Å². The lowest BCUT2D eigenvalue weighted by molar-refractivity contribution is -0.143. The highest BCUT2D eigenvalue weighted by atomic mass is 16.4. The molecule has 0 spiro atoms. The molecule has 0 unspecified atom stereocenters. The molecule has 0 aromatic carbocycles. The number of aliphatic carboxylic acids is 1. The van der Waals surface area contributed by atoms with Gasteiger partial charge in [-0.25, -0.2) is 10.6 Å². The van der Waals surface area contributed by atoms with Gasteiger partial charge in [-0.2, -0.15) is 5.01 Å². The lowest BCUT2D eigenvalue weighted by atomic mass is 10.4. The van der Waals surface area contributed by atoms with E-state index in [4.69, 9.17) is 10.9 Å². The number of hydrogen-bond acceptors (Lipinski definition) is 4. The van der Waals surface area contributed by atoms with Crippen LogP contribution in [0.25, 0.3) is 0 Å². The molecule has 11 heavy (non-hydrogen) atoms. The second-order valence-electron chi connectivity index (χ2n) is 1.67. The highest BCUT2D eigenvalue weighted by molar-refractivity contribution is 6.00. The van der Waals surface area contributed by atoms with E-state index in [1.165, 1.54) is 0 Å². The van der Waals surface area contributed by atoms with Gasteiger partial charge in [-0.15, -0.1) is 0 Å². The molecule has 5 N–H and O–H groups in total. The van der Waals surface area contributed by atoms with E-state index in [-0.39, 0.29) is 5.01 Å². The van der Waals surface area contributed by atoms with Crippen LogP contribution in [-0.4, -0.2) is 28.0 Å². The summed E-state index contributed by atoms with van der Waals surface area (Å²) >= 11 is 0. The summed E-state index contributed by atoms with van der Waals surface area (Å²) in [4.78, 5) is 30.5. The summed E-state index contributed by atoms with van der Waals surface area (Å²) in [7, 11) is 0. The molecule has 0 saturated carbocycles. The van der Waals surface area contributed by atoms with Gasteiger partial charge in [0.2, 0.25) is 0 Å². The highest BCUT2D eigenvalue weighted by Crippen LogP contribution is 1.86. The maximum absolute atomic E-state index is 10.5. The smallest absolute Gasteiger partial charge is 0.336 e. The molecule has 0 aliphatic rings. The molecular weight excluding hydrogens is 154 g/mol. The Labute approximate surface area is 61.5 Å². The van der Waals surface area contributed by atoms with Crippen molar-refractivity contribution in [3.63, 3.8) is 0 Å². The molecule has 3 amide bonds. The monoisotopic (exact) mass is 161 g/mol. The first-order chi connectivity index (χ1) is 4.95. The molecule has 0 radical (unpaired) electrons. The topological polar surface area (TPSA) is 127 Å². The minimum atomic E-state index is -1.37. The molecule has 7 heteroatoms. The van der Waals surface area contributed by atoms with Crippen LogP contribution in [0, 0.1) is 0 Å². The SMILES string of the molecule is NC(=O)N(N)C(=O)CC(=O)O. The molecule has 0 aromatic heterocycles. The van der Waals surface area contributed by atoms with E-state index in [1.54, 1.807) is 0 Å². The Hall–Kier alpha value is -1.63. The van der Waals surface area contributed by atoms with Gasteiger partial charge in [0.25, 0.3) is 5.91 Å². The van der Waals surface area contributed by atoms with Crippen LogP contribution in [0.2, 0.25) is 0 Å². The second kappa shape index (κ2) is 3.52. The fourth-order valence-corrected chi connectivity index (χ4v) is 0.337. The predicted molar refractivity (Wildman–Crippen MR) is 32.9 cm³/mol. The zero-order valence-corrected chi connectivity index (χ0v) is 5.48. The van der Waals surface area contributed by atoms with Gasteiger partial charge in [0.15, 0.2) is 0 Å². The lowest BCUT2D eigenvalue weighted by Crippen LogP contribution is -2.46. The van der Waals surface area contributed by atoms with Gasteiger partial charge in [-0.3, -0.25) is 9.59 Å². The first-order valence-electron chi connectivity index (χ1n) is 2.54. The number of amides is 3. The lowest BCUT2D eigenvalue weighted by Gasteiger charge is -2.08. The van der Waals surface area contributed by atoms with Gasteiger partial charge in [-0.05, 0) is 0 Å². The Morgan fingerprint density at radius 3 is 2.09 bits per heavy atom. The quantitative estimate of drug-likeness (QED) is 0.191. The maximum Gasteiger partial charge on any atom is 0.336 e. The minimum absolute atomic E-state index is 0.0497. The maximum atomic E-state index is 10.5. The molecule has 0 rings (SSSR count). The van der Waals surface area contributed by atoms with Gasteiger partial charge in [0, 0.05) is 0 Å². The zero-order valence-electron chi connectivity index (χ0n) is 5.48. The third-order valence-corrected chi connectivity index (χ3v) is 0.809. The summed E-state index contributed by atoms with van der Waals surface area (Å²) in [5, 5.41) is 8.11. The van der Waals surface area contributed by atoms with Crippen molar-refractivity contribution >= 4 is 17.9 Å². The standard InChI is InChI=1S/C4H7N3O4/c5-4(11)7(6)2(8)1-3(9)10/h1,6H2,(H2,5,11)(H,9,10). The second-order valence-corrected chi connectivity index (χ2v) is 1.67. The van der Waals surface area contributed by atoms with Gasteiger partial charge < -0.3 is 10.8 Å². The minimum Gasteiger partial charge on any atom is -0.481 e. The van der Waals surface area contributed by atoms with Crippen molar-refractivity contribution in [1.82, 2.24) is 5.01 Å². The van der Waals surface area contributed by atoms with Crippen molar-refractivity contribution in [3.8, 4) is 0 Å². The van der Waals surface area contributed by atoms with E-state index < -0.39 is 24.3 Å². The van der Waals surface area contributed by atoms with E-state index in [1.807, 2.05) is 0 Å². The van der Waals surface area contributed by atoms with Crippen molar-refractivity contribution in [2.45, 2.75) is 6.42 Å². The molecule has 0 heterocycles. The normalized spacial score (nSPS) is 8.82. The first kappa shape index (κ1) is 9.37. The van der Waals surface area contributed by atoms with Crippen molar-refractivity contribution < 1.29 is 19.5 Å². The number of hydrogen-bond donors (Lipinski definition) is 3. The molecule has 7 nitrogen and oxygen atoms in total. The first-order valence-corrected chi connectivity index (χ1v) is 2.54. The summed E-state index contributed by atoms with van der Waals surface area (Å²) in [5.41, 5.74) is 4.56. The van der Waals surface area contributed by atoms with Crippen LogP contribution in [0.5, 0.6) is 0 Å². The summed E-state index contributed by atoms with van der Waals surface area (Å²) in [6.45, 7) is 0. The summed E-state index contributed by atoms with van der Waals surface area (Å²) in [5.74, 6) is 2.33. The number of imide groups is 1. The number of hydrazine groups is 1. The number of carboxylic acids is 1. The van der Waals surface area contributed by atoms with Crippen LogP contribution in [0.1, 0.15) is 6.42 Å². The van der Waals surface area contributed by atoms with Gasteiger partial charge >= 0.3 is 12.0 Å². The fourth-order valence-electron chi connectivity index (χ4n) is 0.337. The fraction of sp³-hybridized carbons (Fsp3) is 0.250. The summed E-state index contributed by atoms with van der Waals surface area (Å²) in [6.07, 6.45) is -0.848. The van der Waals surface area contributed by atoms with Crippen molar-refractivity contribution in [1.29, 1.82) is 0 Å². The van der Waals surface area contributed by atoms with Gasteiger partial charge in [0.05, 0.1) is 0 Å². The third kappa shape index (κ3) is 3.16. The summed E-state index contributed by atoms with van der Waals surface area (Å²) < 4.78 is 0. The number of nitrogens with zero attached hydrogens (tertiary/aromatic N) is 1. The van der Waals surface area contributed by atoms with E-state index in [0.29, 0.717) is 0 Å². The average Bonchev–Trinajstić information content (AvgIpc) is 1.84. The van der Waals surface area contributed by atoms with Crippen molar-refractivity contribution in [2.24, 2.45) is 11.6 Å². The van der Waals surface area contributed by atoms with Gasteiger partial charge in [-0.1, -0.05) is 0 Å². The number of carbonyl (C=O) groups excluding carboxylic acids is 2. The van der Waals surface area contributed by atoms with Crippen molar-refractivity contribution in [2.75, 3.05) is 0 Å². The van der Waals surface area contributed by atoms with Crippen LogP contribution < -0.4 is 11.6 Å². The number of carboxylic acid groups (broad SMARTS) is 1. The third-order valence-electron chi connectivity index (χ3n) is 0.809. The van der Waals surface area contributed by atoms with E-state index in [9.17, 15) is 14.4 Å². The van der Waals surface area contributed by atoms with Crippen LogP contribution in [0.4, 0.5) is 4.79 Å². The number of nitrogens with two attached hydrogens (primary N) is 2. The van der Waals surface area contributed by atoms with Crippen LogP contribution in [-0.2, 0) is 9.59 Å². The van der Waals surface area contributed by atoms with Gasteiger partial charge in [0.1, 0.15) is 6.42 Å². The van der Waals surface area contributed by atoms with Crippen LogP contribution in [0.15, 0.2) is 0 Å². The molecule has 0 aromatic rings. The Balaban J connectivity index is 4.04. The Kier molecular flexibility index (Phi) is 3.00. The molecule has 0 saturated heterocycles. The largest absolute Gasteiger partial charge is 0.481 e. The predicted octanol–water partition coefficient (Wildman–Crippen LogP) is -1.76. The number of urea groups is 1. The van der Waals surface area contributed by atoms with E-state index >= 15 is 0 Å². The molecular formula is C4H7N3O4. The number of primary amides is 1. The van der Waals surface area contributed by atoms with Crippen LogP contribution in [0.3, 0.4) is 0 Å². The summed E-state index contributed by atoms with van der Waals surface area (Å²) in [6, 6.07) is -1.18. The molecule has 0 fully saturated rings. The molecule has 0 atom stereocenters. The molecule has 0 bridgehead atoms.